The molecule has 104 valence electrons. The molecular formula is C16H23NO2. The van der Waals surface area contributed by atoms with Gasteiger partial charge in [-0.1, -0.05) is 45.0 Å². The smallest absolute Gasteiger partial charge is 0.118 e. The number of nitrogens with one attached hydrogen (secondary N) is 1. The van der Waals surface area contributed by atoms with Crippen LogP contribution in [0.15, 0.2) is 24.3 Å². The zero-order valence-corrected chi connectivity index (χ0v) is 12.0. The van der Waals surface area contributed by atoms with Crippen LogP contribution in [0.3, 0.4) is 0 Å². The summed E-state index contributed by atoms with van der Waals surface area (Å²) in [5.74, 6) is -0.951. The van der Waals surface area contributed by atoms with Gasteiger partial charge in [-0.15, -0.1) is 0 Å². The van der Waals surface area contributed by atoms with Crippen LogP contribution in [-0.4, -0.2) is 18.6 Å². The summed E-state index contributed by atoms with van der Waals surface area (Å²) in [4.78, 5) is 11.9. The predicted octanol–water partition coefficient (Wildman–Crippen LogP) is 0.281. The molecule has 0 radical (unpaired) electrons. The lowest BCUT2D eigenvalue weighted by atomic mass is 9.87. The van der Waals surface area contributed by atoms with Crippen LogP contribution in [0.4, 0.5) is 0 Å². The number of quaternary nitrogens is 1. The van der Waals surface area contributed by atoms with Gasteiger partial charge in [0, 0.05) is 18.4 Å². The molecule has 1 atom stereocenters. The number of carbonyl (C=O) groups excluding carboxylic acids is 1. The fourth-order valence-corrected chi connectivity index (χ4v) is 2.41. The summed E-state index contributed by atoms with van der Waals surface area (Å²) in [7, 11) is 0. The average Bonchev–Trinajstić information content (AvgIpc) is 3.10. The Balaban J connectivity index is 2.03. The maximum absolute atomic E-state index is 10.8. The molecule has 1 aliphatic rings. The van der Waals surface area contributed by atoms with Crippen molar-refractivity contribution in [2.24, 2.45) is 0 Å². The average molecular weight is 261 g/mol. The van der Waals surface area contributed by atoms with Gasteiger partial charge in [0.15, 0.2) is 0 Å². The fraction of sp³-hybridized carbons (Fsp3) is 0.562. The van der Waals surface area contributed by atoms with Crippen LogP contribution >= 0.6 is 0 Å². The summed E-state index contributed by atoms with van der Waals surface area (Å²) in [6.45, 7) is 7.48. The largest absolute Gasteiger partial charge is 0.544 e. The molecule has 0 aromatic heterocycles. The Morgan fingerprint density at radius 2 is 1.84 bits per heavy atom. The van der Waals surface area contributed by atoms with Gasteiger partial charge in [-0.25, -0.2) is 0 Å². The van der Waals surface area contributed by atoms with Crippen LogP contribution in [0.2, 0.25) is 0 Å². The topological polar surface area (TPSA) is 44.6 Å². The summed E-state index contributed by atoms with van der Waals surface area (Å²) in [5, 5.41) is 10.8. The Morgan fingerprint density at radius 3 is 2.26 bits per heavy atom. The molecule has 3 heteroatoms. The number of carboxylic acids is 1. The molecular weight excluding hydrogens is 238 g/mol. The molecule has 1 aromatic rings. The van der Waals surface area contributed by atoms with E-state index in [4.69, 9.17) is 0 Å². The summed E-state index contributed by atoms with van der Waals surface area (Å²) < 4.78 is 0. The van der Waals surface area contributed by atoms with Crippen molar-refractivity contribution in [1.82, 2.24) is 0 Å². The van der Waals surface area contributed by atoms with Crippen molar-refractivity contribution < 1.29 is 14.8 Å². The molecule has 1 aromatic carbocycles. The highest BCUT2D eigenvalue weighted by atomic mass is 16.4. The van der Waals surface area contributed by atoms with E-state index in [2.05, 4.69) is 45.0 Å². The number of hydrogen-bond acceptors (Lipinski definition) is 2. The van der Waals surface area contributed by atoms with Crippen LogP contribution in [0.5, 0.6) is 0 Å². The first-order valence-electron chi connectivity index (χ1n) is 7.00. The third-order valence-corrected chi connectivity index (χ3v) is 3.78. The summed E-state index contributed by atoms with van der Waals surface area (Å²) in [6.07, 6.45) is 2.28. The van der Waals surface area contributed by atoms with E-state index in [1.807, 2.05) is 0 Å². The van der Waals surface area contributed by atoms with Crippen molar-refractivity contribution in [2.75, 3.05) is 6.54 Å². The van der Waals surface area contributed by atoms with E-state index in [0.717, 1.165) is 24.3 Å². The van der Waals surface area contributed by atoms with Gasteiger partial charge < -0.3 is 14.8 Å². The van der Waals surface area contributed by atoms with Gasteiger partial charge in [0.1, 0.15) is 13.1 Å². The minimum atomic E-state index is -0.951. The third-order valence-electron chi connectivity index (χ3n) is 3.78. The molecule has 2 rings (SSSR count). The number of hydrogen-bond donors (Lipinski definition) is 1. The highest BCUT2D eigenvalue weighted by Crippen LogP contribution is 2.22. The van der Waals surface area contributed by atoms with Crippen LogP contribution in [-0.2, 0) is 16.8 Å². The third kappa shape index (κ3) is 4.06. The Kier molecular flexibility index (Phi) is 3.95. The summed E-state index contributed by atoms with van der Waals surface area (Å²) in [6, 6.07) is 9.06. The van der Waals surface area contributed by atoms with E-state index in [0.29, 0.717) is 6.04 Å². The standard InChI is InChI=1S/C16H23NO2/c1-16(2,3)13-6-4-12(5-7-13)10-17(11-15(18)19)14-8-9-14/h4-7,14H,8-11H2,1-3H3,(H,18,19). The van der Waals surface area contributed by atoms with Crippen molar-refractivity contribution in [3.05, 3.63) is 35.4 Å². The van der Waals surface area contributed by atoms with E-state index in [9.17, 15) is 9.90 Å². The SMILES string of the molecule is CC(C)(C)c1ccc(C[NH+](CC(=O)[O-])C2CC2)cc1. The molecule has 0 saturated heterocycles. The molecule has 0 aliphatic heterocycles. The van der Waals surface area contributed by atoms with Crippen LogP contribution < -0.4 is 10.0 Å². The first kappa shape index (κ1) is 14.1. The number of carbonyl (C=O) groups is 1. The minimum absolute atomic E-state index is 0.117. The van der Waals surface area contributed by atoms with Crippen molar-refractivity contribution in [2.45, 2.75) is 51.6 Å². The molecule has 0 amide bonds. The van der Waals surface area contributed by atoms with Gasteiger partial charge in [0.25, 0.3) is 0 Å². The van der Waals surface area contributed by atoms with Crippen molar-refractivity contribution in [1.29, 1.82) is 0 Å². The van der Waals surface area contributed by atoms with Crippen molar-refractivity contribution in [3.8, 4) is 0 Å². The molecule has 1 N–H and O–H groups in total. The zero-order chi connectivity index (χ0) is 14.0. The van der Waals surface area contributed by atoms with Gasteiger partial charge in [0.2, 0.25) is 0 Å². The molecule has 0 bridgehead atoms. The highest BCUT2D eigenvalue weighted by molar-refractivity contribution is 5.65. The van der Waals surface area contributed by atoms with Crippen molar-refractivity contribution in [3.63, 3.8) is 0 Å². The molecule has 3 nitrogen and oxygen atoms in total. The van der Waals surface area contributed by atoms with Crippen LogP contribution in [0, 0.1) is 0 Å². The zero-order valence-electron chi connectivity index (χ0n) is 12.0. The van der Waals surface area contributed by atoms with E-state index in [-0.39, 0.29) is 12.0 Å². The minimum Gasteiger partial charge on any atom is -0.544 e. The lowest BCUT2D eigenvalue weighted by Crippen LogP contribution is -3.13. The molecule has 0 spiro atoms. The van der Waals surface area contributed by atoms with Crippen LogP contribution in [0.1, 0.15) is 44.7 Å². The second kappa shape index (κ2) is 5.33. The first-order chi connectivity index (χ1) is 8.86. The lowest BCUT2D eigenvalue weighted by molar-refractivity contribution is -0.919. The summed E-state index contributed by atoms with van der Waals surface area (Å²) in [5.41, 5.74) is 2.67. The van der Waals surface area contributed by atoms with Gasteiger partial charge in [-0.3, -0.25) is 0 Å². The normalized spacial score (nSPS) is 17.2. The number of benzene rings is 1. The van der Waals surface area contributed by atoms with Crippen LogP contribution in [0.25, 0.3) is 0 Å². The fourth-order valence-electron chi connectivity index (χ4n) is 2.41. The van der Waals surface area contributed by atoms with Gasteiger partial charge >= 0.3 is 0 Å². The number of rotatable bonds is 5. The van der Waals surface area contributed by atoms with Gasteiger partial charge in [-0.05, 0) is 11.0 Å². The van der Waals surface area contributed by atoms with Gasteiger partial charge in [-0.2, -0.15) is 0 Å². The molecule has 1 fully saturated rings. The van der Waals surface area contributed by atoms with E-state index in [1.165, 1.54) is 11.1 Å². The maximum Gasteiger partial charge on any atom is 0.118 e. The Morgan fingerprint density at radius 1 is 1.26 bits per heavy atom. The number of carboxylic acid groups (broad SMARTS) is 1. The Bertz CT molecular complexity index is 441. The van der Waals surface area contributed by atoms with Gasteiger partial charge in [0.05, 0.1) is 12.0 Å². The summed E-state index contributed by atoms with van der Waals surface area (Å²) >= 11 is 0. The quantitative estimate of drug-likeness (QED) is 0.827. The second-order valence-corrected chi connectivity index (χ2v) is 6.61. The molecule has 0 heterocycles. The maximum atomic E-state index is 10.8. The molecule has 1 unspecified atom stereocenters. The molecule has 1 aliphatic carbocycles. The predicted molar refractivity (Wildman–Crippen MR) is 72.7 cm³/mol. The van der Waals surface area contributed by atoms with E-state index < -0.39 is 5.97 Å². The van der Waals surface area contributed by atoms with E-state index >= 15 is 0 Å². The van der Waals surface area contributed by atoms with E-state index in [1.54, 1.807) is 0 Å². The molecule has 1 saturated carbocycles. The number of aliphatic carboxylic acids is 1. The van der Waals surface area contributed by atoms with Crippen molar-refractivity contribution >= 4 is 5.97 Å². The lowest BCUT2D eigenvalue weighted by Gasteiger charge is -2.21. The second-order valence-electron chi connectivity index (χ2n) is 6.61. The monoisotopic (exact) mass is 261 g/mol. The first-order valence-corrected chi connectivity index (χ1v) is 7.00. The highest BCUT2D eigenvalue weighted by Gasteiger charge is 2.33. The Labute approximate surface area is 115 Å². The molecule has 19 heavy (non-hydrogen) atoms. The Hall–Kier alpha value is -1.35.